The van der Waals surface area contributed by atoms with Gasteiger partial charge in [0.2, 0.25) is 0 Å². The Morgan fingerprint density at radius 1 is 1.26 bits per heavy atom. The molecule has 23 heavy (non-hydrogen) atoms. The number of carbonyl (C=O) groups is 1. The number of aliphatic hydroxyl groups is 1. The molecule has 1 amide bonds. The Kier molecular flexibility index (Phi) is 5.67. The van der Waals surface area contributed by atoms with E-state index in [2.05, 4.69) is 5.32 Å². The van der Waals surface area contributed by atoms with Gasteiger partial charge in [0.05, 0.1) is 4.92 Å². The van der Waals surface area contributed by atoms with Gasteiger partial charge in [-0.25, -0.2) is 0 Å². The Morgan fingerprint density at radius 3 is 2.57 bits per heavy atom. The van der Waals surface area contributed by atoms with Gasteiger partial charge in [-0.3, -0.25) is 14.9 Å². The van der Waals surface area contributed by atoms with E-state index in [9.17, 15) is 20.0 Å². The smallest absolute Gasteiger partial charge is 0.269 e. The average Bonchev–Trinajstić information content (AvgIpc) is 2.54. The largest absolute Gasteiger partial charge is 0.378 e. The van der Waals surface area contributed by atoms with Crippen LogP contribution in [0.4, 0.5) is 5.69 Å². The number of rotatable bonds is 6. The third-order valence-electron chi connectivity index (χ3n) is 3.27. The first-order chi connectivity index (χ1) is 11.0. The van der Waals surface area contributed by atoms with Crippen molar-refractivity contribution >= 4 is 23.2 Å². The topological polar surface area (TPSA) is 92.5 Å². The molecule has 0 aliphatic rings. The summed E-state index contributed by atoms with van der Waals surface area (Å²) in [4.78, 5) is 22.0. The van der Waals surface area contributed by atoms with E-state index >= 15 is 0 Å². The molecule has 0 heterocycles. The van der Waals surface area contributed by atoms with Crippen LogP contribution in [0, 0.1) is 10.1 Å². The number of amides is 1. The van der Waals surface area contributed by atoms with E-state index < -0.39 is 16.9 Å². The lowest BCUT2D eigenvalue weighted by Gasteiger charge is -2.12. The van der Waals surface area contributed by atoms with Crippen molar-refractivity contribution in [3.63, 3.8) is 0 Å². The highest BCUT2D eigenvalue weighted by molar-refractivity contribution is 6.30. The molecule has 2 N–H and O–H groups in total. The van der Waals surface area contributed by atoms with Gasteiger partial charge in [0.15, 0.2) is 6.10 Å². The van der Waals surface area contributed by atoms with E-state index in [0.29, 0.717) is 23.6 Å². The molecule has 0 unspecified atom stereocenters. The molecule has 0 saturated carbocycles. The van der Waals surface area contributed by atoms with Crippen molar-refractivity contribution in [3.8, 4) is 0 Å². The molecule has 2 aromatic carbocycles. The number of nitro groups is 1. The number of non-ortho nitro benzene ring substituents is 1. The van der Waals surface area contributed by atoms with Gasteiger partial charge < -0.3 is 10.4 Å². The van der Waals surface area contributed by atoms with Crippen LogP contribution < -0.4 is 5.32 Å². The molecule has 2 rings (SSSR count). The number of nitrogens with zero attached hydrogens (tertiary/aromatic N) is 1. The summed E-state index contributed by atoms with van der Waals surface area (Å²) in [7, 11) is 0. The van der Waals surface area contributed by atoms with E-state index in [0.717, 1.165) is 5.56 Å². The van der Waals surface area contributed by atoms with Crippen LogP contribution in [0.3, 0.4) is 0 Å². The highest BCUT2D eigenvalue weighted by atomic mass is 35.5. The first-order valence-electron chi connectivity index (χ1n) is 6.92. The third kappa shape index (κ3) is 4.77. The Bertz CT molecular complexity index is 703. The molecule has 0 aliphatic heterocycles. The minimum absolute atomic E-state index is 0.0224. The normalized spacial score (nSPS) is 11.7. The van der Waals surface area contributed by atoms with Crippen LogP contribution in [-0.4, -0.2) is 22.5 Å². The van der Waals surface area contributed by atoms with Gasteiger partial charge in [0.1, 0.15) is 0 Å². The summed E-state index contributed by atoms with van der Waals surface area (Å²) in [6.45, 7) is 0.314. The maximum Gasteiger partial charge on any atom is 0.269 e. The van der Waals surface area contributed by atoms with Gasteiger partial charge >= 0.3 is 0 Å². The molecule has 0 saturated heterocycles. The van der Waals surface area contributed by atoms with Gasteiger partial charge in [0, 0.05) is 23.7 Å². The van der Waals surface area contributed by atoms with E-state index in [-0.39, 0.29) is 5.69 Å². The molecule has 0 aromatic heterocycles. The molecule has 0 radical (unpaired) electrons. The molecule has 0 bridgehead atoms. The quantitative estimate of drug-likeness (QED) is 0.627. The van der Waals surface area contributed by atoms with Crippen molar-refractivity contribution in [2.45, 2.75) is 12.5 Å². The maximum absolute atomic E-state index is 11.9. The summed E-state index contributed by atoms with van der Waals surface area (Å²) < 4.78 is 0. The first-order valence-corrected chi connectivity index (χ1v) is 7.30. The molecular formula is C16H15ClN2O4. The van der Waals surface area contributed by atoms with Crippen molar-refractivity contribution in [2.24, 2.45) is 0 Å². The lowest BCUT2D eigenvalue weighted by atomic mass is 10.1. The number of hydrogen-bond acceptors (Lipinski definition) is 4. The molecular weight excluding hydrogens is 320 g/mol. The van der Waals surface area contributed by atoms with Gasteiger partial charge in [-0.15, -0.1) is 0 Å². The number of halogens is 1. The molecule has 0 fully saturated rings. The Balaban J connectivity index is 1.85. The van der Waals surface area contributed by atoms with Crippen molar-refractivity contribution in [3.05, 3.63) is 74.8 Å². The first kappa shape index (κ1) is 16.9. The van der Waals surface area contributed by atoms with Gasteiger partial charge in [0.25, 0.3) is 11.6 Å². The van der Waals surface area contributed by atoms with Crippen LogP contribution in [0.2, 0.25) is 5.02 Å². The van der Waals surface area contributed by atoms with Crippen LogP contribution >= 0.6 is 11.6 Å². The summed E-state index contributed by atoms with van der Waals surface area (Å²) in [5.74, 6) is -0.519. The Hall–Kier alpha value is -2.44. The third-order valence-corrected chi connectivity index (χ3v) is 3.51. The Morgan fingerprint density at radius 2 is 1.96 bits per heavy atom. The zero-order chi connectivity index (χ0) is 16.8. The van der Waals surface area contributed by atoms with Crippen LogP contribution in [0.15, 0.2) is 48.5 Å². The summed E-state index contributed by atoms with van der Waals surface area (Å²) in [5, 5.41) is 23.6. The summed E-state index contributed by atoms with van der Waals surface area (Å²) in [6, 6.07) is 12.6. The van der Waals surface area contributed by atoms with E-state index in [1.165, 1.54) is 18.2 Å². The monoisotopic (exact) mass is 334 g/mol. The van der Waals surface area contributed by atoms with E-state index in [1.54, 1.807) is 30.3 Å². The lowest BCUT2D eigenvalue weighted by molar-refractivity contribution is -0.384. The zero-order valence-corrected chi connectivity index (χ0v) is 12.9. The lowest BCUT2D eigenvalue weighted by Crippen LogP contribution is -2.30. The second-order valence-electron chi connectivity index (χ2n) is 4.92. The van der Waals surface area contributed by atoms with Gasteiger partial charge in [-0.05, 0) is 29.7 Å². The van der Waals surface area contributed by atoms with Crippen LogP contribution in [0.1, 0.15) is 17.2 Å². The van der Waals surface area contributed by atoms with Crippen LogP contribution in [-0.2, 0) is 11.2 Å². The van der Waals surface area contributed by atoms with Gasteiger partial charge in [-0.2, -0.15) is 0 Å². The number of hydrogen-bond donors (Lipinski definition) is 2. The summed E-state index contributed by atoms with van der Waals surface area (Å²) >= 11 is 5.82. The number of nitrogens with one attached hydrogen (secondary N) is 1. The van der Waals surface area contributed by atoms with Crippen molar-refractivity contribution < 1.29 is 14.8 Å². The predicted octanol–water partition coefficient (Wildman–Crippen LogP) is 2.64. The number of nitro benzene ring substituents is 1. The highest BCUT2D eigenvalue weighted by Gasteiger charge is 2.16. The molecule has 0 spiro atoms. The van der Waals surface area contributed by atoms with Crippen LogP contribution in [0.25, 0.3) is 0 Å². The second-order valence-corrected chi connectivity index (χ2v) is 5.36. The fourth-order valence-electron chi connectivity index (χ4n) is 2.04. The van der Waals surface area contributed by atoms with Crippen molar-refractivity contribution in [1.82, 2.24) is 5.32 Å². The summed E-state index contributed by atoms with van der Waals surface area (Å²) in [5.41, 5.74) is 1.30. The van der Waals surface area contributed by atoms with E-state index in [4.69, 9.17) is 11.6 Å². The number of benzene rings is 2. The highest BCUT2D eigenvalue weighted by Crippen LogP contribution is 2.18. The van der Waals surface area contributed by atoms with Crippen molar-refractivity contribution in [2.75, 3.05) is 6.54 Å². The minimum atomic E-state index is -1.29. The molecule has 7 heteroatoms. The maximum atomic E-state index is 11.9. The fourth-order valence-corrected chi connectivity index (χ4v) is 2.24. The van der Waals surface area contributed by atoms with Crippen LogP contribution in [0.5, 0.6) is 0 Å². The number of carbonyl (C=O) groups excluding carboxylic acids is 1. The SMILES string of the molecule is O=C(NCCc1ccc([N+](=O)[O-])cc1)[C@H](O)c1cccc(Cl)c1. The fraction of sp³-hybridized carbons (Fsp3) is 0.188. The molecule has 120 valence electrons. The zero-order valence-electron chi connectivity index (χ0n) is 12.1. The van der Waals surface area contributed by atoms with Gasteiger partial charge in [-0.1, -0.05) is 35.9 Å². The molecule has 2 aromatic rings. The standard InChI is InChI=1S/C16H15ClN2O4/c17-13-3-1-2-12(10-13)15(20)16(21)18-9-8-11-4-6-14(7-5-11)19(22)23/h1-7,10,15,20H,8-9H2,(H,18,21)/t15-/m1/s1. The molecule has 1 atom stereocenters. The van der Waals surface area contributed by atoms with E-state index in [1.807, 2.05) is 0 Å². The predicted molar refractivity (Wildman–Crippen MR) is 86.2 cm³/mol. The average molecular weight is 335 g/mol. The second kappa shape index (κ2) is 7.71. The number of aliphatic hydroxyl groups excluding tert-OH is 1. The summed E-state index contributed by atoms with van der Waals surface area (Å²) in [6.07, 6.45) is -0.781. The molecule has 0 aliphatic carbocycles. The Labute approximate surface area is 137 Å². The minimum Gasteiger partial charge on any atom is -0.378 e. The molecule has 6 nitrogen and oxygen atoms in total. The van der Waals surface area contributed by atoms with Crippen molar-refractivity contribution in [1.29, 1.82) is 0 Å².